The normalized spacial score (nSPS) is 19.0. The molecular formula is C22H26N4O5S. The van der Waals surface area contributed by atoms with Crippen LogP contribution in [0.2, 0.25) is 0 Å². The highest BCUT2D eigenvalue weighted by molar-refractivity contribution is 7.89. The van der Waals surface area contributed by atoms with Crippen molar-refractivity contribution in [3.63, 3.8) is 0 Å². The van der Waals surface area contributed by atoms with Crippen LogP contribution < -0.4 is 15.4 Å². The van der Waals surface area contributed by atoms with Gasteiger partial charge in [0.05, 0.1) is 10.6 Å². The quantitative estimate of drug-likeness (QED) is 0.735. The van der Waals surface area contributed by atoms with Gasteiger partial charge in [0.2, 0.25) is 10.0 Å². The first kappa shape index (κ1) is 22.1. The van der Waals surface area contributed by atoms with Crippen molar-refractivity contribution in [2.45, 2.75) is 31.8 Å². The molecule has 1 unspecified atom stereocenters. The van der Waals surface area contributed by atoms with Gasteiger partial charge >= 0.3 is 6.03 Å². The highest BCUT2D eigenvalue weighted by Gasteiger charge is 2.32. The van der Waals surface area contributed by atoms with Gasteiger partial charge in [-0.3, -0.25) is 4.79 Å². The molecule has 3 amide bonds. The first-order valence-corrected chi connectivity index (χ1v) is 11.8. The number of carbonyl (C=O) groups is 2. The fourth-order valence-electron chi connectivity index (χ4n) is 3.71. The van der Waals surface area contributed by atoms with Gasteiger partial charge in [-0.25, -0.2) is 13.2 Å². The van der Waals surface area contributed by atoms with E-state index in [1.165, 1.54) is 16.4 Å². The molecule has 2 aromatic rings. The van der Waals surface area contributed by atoms with E-state index < -0.39 is 16.1 Å². The molecule has 2 aliphatic heterocycles. The topological polar surface area (TPSA) is 108 Å². The first-order chi connectivity index (χ1) is 15.2. The van der Waals surface area contributed by atoms with Crippen LogP contribution in [-0.2, 0) is 14.8 Å². The molecule has 0 saturated carbocycles. The van der Waals surface area contributed by atoms with Gasteiger partial charge in [0, 0.05) is 31.9 Å². The lowest BCUT2D eigenvalue weighted by Crippen LogP contribution is -2.51. The van der Waals surface area contributed by atoms with Crippen molar-refractivity contribution in [1.29, 1.82) is 0 Å². The van der Waals surface area contributed by atoms with Gasteiger partial charge in [0.1, 0.15) is 5.75 Å². The van der Waals surface area contributed by atoms with Crippen LogP contribution in [0.15, 0.2) is 41.3 Å². The Morgan fingerprint density at radius 3 is 2.56 bits per heavy atom. The molecule has 10 heteroatoms. The monoisotopic (exact) mass is 458 g/mol. The Hall–Kier alpha value is -3.11. The maximum Gasteiger partial charge on any atom is 0.321 e. The van der Waals surface area contributed by atoms with Crippen LogP contribution in [-0.4, -0.2) is 61.8 Å². The molecule has 9 nitrogen and oxygen atoms in total. The van der Waals surface area contributed by atoms with E-state index >= 15 is 0 Å². The molecule has 1 atom stereocenters. The van der Waals surface area contributed by atoms with Crippen LogP contribution in [0.5, 0.6) is 5.75 Å². The number of ether oxygens (including phenoxy) is 1. The zero-order chi connectivity index (χ0) is 23.0. The molecule has 0 spiro atoms. The number of hydrogen-bond donors (Lipinski definition) is 2. The number of nitrogens with one attached hydrogen (secondary N) is 2. The summed E-state index contributed by atoms with van der Waals surface area (Å²) in [6.45, 7) is 6.46. The number of amides is 3. The minimum absolute atomic E-state index is 0.0722. The minimum Gasteiger partial charge on any atom is -0.479 e. The Bertz CT molecular complexity index is 1170. The Kier molecular flexibility index (Phi) is 5.83. The summed E-state index contributed by atoms with van der Waals surface area (Å²) >= 11 is 0. The minimum atomic E-state index is -3.78. The predicted molar refractivity (Wildman–Crippen MR) is 120 cm³/mol. The van der Waals surface area contributed by atoms with Crippen molar-refractivity contribution in [3.8, 4) is 5.75 Å². The van der Waals surface area contributed by atoms with E-state index in [0.29, 0.717) is 11.4 Å². The molecule has 0 bridgehead atoms. The summed E-state index contributed by atoms with van der Waals surface area (Å²) in [6, 6.07) is 9.89. The number of piperazine rings is 1. The Morgan fingerprint density at radius 1 is 1.12 bits per heavy atom. The SMILES string of the molecule is Cc1cccc(NC(=O)N2CCN(S(=O)(=O)c3ccc4c(c3)NC(=O)C(C)O4)CC2)c1C. The smallest absolute Gasteiger partial charge is 0.321 e. The van der Waals surface area contributed by atoms with E-state index in [1.807, 2.05) is 32.0 Å². The molecule has 0 aliphatic carbocycles. The largest absolute Gasteiger partial charge is 0.479 e. The Balaban J connectivity index is 1.42. The number of anilines is 2. The fraction of sp³-hybridized carbons (Fsp3) is 0.364. The van der Waals surface area contributed by atoms with Crippen molar-refractivity contribution >= 4 is 33.3 Å². The van der Waals surface area contributed by atoms with E-state index in [1.54, 1.807) is 17.9 Å². The highest BCUT2D eigenvalue weighted by atomic mass is 32.2. The molecule has 0 aromatic heterocycles. The van der Waals surface area contributed by atoms with Gasteiger partial charge in [0.15, 0.2) is 6.10 Å². The zero-order valence-corrected chi connectivity index (χ0v) is 19.0. The molecule has 4 rings (SSSR count). The van der Waals surface area contributed by atoms with Crippen molar-refractivity contribution < 1.29 is 22.7 Å². The van der Waals surface area contributed by atoms with Crippen LogP contribution in [0.4, 0.5) is 16.2 Å². The summed E-state index contributed by atoms with van der Waals surface area (Å²) in [5.41, 5.74) is 3.16. The van der Waals surface area contributed by atoms with Gasteiger partial charge in [-0.1, -0.05) is 12.1 Å². The molecule has 2 heterocycles. The molecule has 32 heavy (non-hydrogen) atoms. The third kappa shape index (κ3) is 4.15. The Labute approximate surface area is 187 Å². The first-order valence-electron chi connectivity index (χ1n) is 10.4. The Morgan fingerprint density at radius 2 is 1.84 bits per heavy atom. The summed E-state index contributed by atoms with van der Waals surface area (Å²) < 4.78 is 33.1. The average Bonchev–Trinajstić information content (AvgIpc) is 2.77. The van der Waals surface area contributed by atoms with Crippen LogP contribution in [0, 0.1) is 13.8 Å². The van der Waals surface area contributed by atoms with Crippen molar-refractivity contribution in [3.05, 3.63) is 47.5 Å². The lowest BCUT2D eigenvalue weighted by atomic mass is 10.1. The number of carbonyl (C=O) groups excluding carboxylic acids is 2. The second-order valence-electron chi connectivity index (χ2n) is 7.98. The molecule has 1 fully saturated rings. The molecule has 1 saturated heterocycles. The van der Waals surface area contributed by atoms with E-state index in [2.05, 4.69) is 10.6 Å². The summed E-state index contributed by atoms with van der Waals surface area (Å²) in [5, 5.41) is 5.58. The lowest BCUT2D eigenvalue weighted by Gasteiger charge is -2.34. The lowest BCUT2D eigenvalue weighted by molar-refractivity contribution is -0.122. The van der Waals surface area contributed by atoms with Gasteiger partial charge in [-0.05, 0) is 56.2 Å². The van der Waals surface area contributed by atoms with Gasteiger partial charge in [-0.15, -0.1) is 0 Å². The van der Waals surface area contributed by atoms with E-state index in [0.717, 1.165) is 16.8 Å². The third-order valence-electron chi connectivity index (χ3n) is 5.89. The second-order valence-corrected chi connectivity index (χ2v) is 9.91. The van der Waals surface area contributed by atoms with Crippen LogP contribution in [0.25, 0.3) is 0 Å². The molecule has 2 aliphatic rings. The molecule has 2 N–H and O–H groups in total. The number of fused-ring (bicyclic) bond motifs is 1. The van der Waals surface area contributed by atoms with Crippen molar-refractivity contribution in [1.82, 2.24) is 9.21 Å². The van der Waals surface area contributed by atoms with Gasteiger partial charge in [-0.2, -0.15) is 4.31 Å². The highest BCUT2D eigenvalue weighted by Crippen LogP contribution is 2.33. The number of nitrogens with zero attached hydrogens (tertiary/aromatic N) is 2. The predicted octanol–water partition coefficient (Wildman–Crippen LogP) is 2.56. The number of sulfonamides is 1. The van der Waals surface area contributed by atoms with Gasteiger partial charge < -0.3 is 20.3 Å². The standard InChI is InChI=1S/C22H26N4O5S/c1-14-5-4-6-18(15(14)2)24-22(28)25-9-11-26(12-10-25)32(29,30)17-7-8-20-19(13-17)23-21(27)16(3)31-20/h4-8,13,16H,9-12H2,1-3H3,(H,23,27)(H,24,28). The second kappa shape index (κ2) is 8.44. The van der Waals surface area contributed by atoms with Crippen LogP contribution in [0.3, 0.4) is 0 Å². The number of aryl methyl sites for hydroxylation is 1. The summed E-state index contributed by atoms with van der Waals surface area (Å²) in [7, 11) is -3.78. The van der Waals surface area contributed by atoms with Crippen molar-refractivity contribution in [2.24, 2.45) is 0 Å². The number of hydrogen-bond acceptors (Lipinski definition) is 5. The number of urea groups is 1. The number of rotatable bonds is 3. The molecular weight excluding hydrogens is 432 g/mol. The van der Waals surface area contributed by atoms with Gasteiger partial charge in [0.25, 0.3) is 5.91 Å². The fourth-order valence-corrected chi connectivity index (χ4v) is 5.16. The summed E-state index contributed by atoms with van der Waals surface area (Å²) in [4.78, 5) is 26.2. The third-order valence-corrected chi connectivity index (χ3v) is 7.79. The molecule has 170 valence electrons. The molecule has 0 radical (unpaired) electrons. The maximum absolute atomic E-state index is 13.1. The van der Waals surface area contributed by atoms with E-state index in [4.69, 9.17) is 4.74 Å². The van der Waals surface area contributed by atoms with E-state index in [9.17, 15) is 18.0 Å². The summed E-state index contributed by atoms with van der Waals surface area (Å²) in [5.74, 6) is 0.111. The molecule has 2 aromatic carbocycles. The zero-order valence-electron chi connectivity index (χ0n) is 18.2. The number of benzene rings is 2. The summed E-state index contributed by atoms with van der Waals surface area (Å²) in [6.07, 6.45) is -0.632. The van der Waals surface area contributed by atoms with Crippen LogP contribution >= 0.6 is 0 Å². The van der Waals surface area contributed by atoms with E-state index in [-0.39, 0.29) is 43.0 Å². The van der Waals surface area contributed by atoms with Crippen molar-refractivity contribution in [2.75, 3.05) is 36.8 Å². The van der Waals surface area contributed by atoms with Crippen LogP contribution in [0.1, 0.15) is 18.1 Å². The maximum atomic E-state index is 13.1. The average molecular weight is 459 g/mol.